The molecule has 0 radical (unpaired) electrons. The first-order chi connectivity index (χ1) is 8.48. The van der Waals surface area contributed by atoms with E-state index in [2.05, 4.69) is 26.1 Å². The predicted octanol–water partition coefficient (Wildman–Crippen LogP) is 2.44. The van der Waals surface area contributed by atoms with Gasteiger partial charge in [0.1, 0.15) is 0 Å². The number of ether oxygens (including phenoxy) is 1. The Labute approximate surface area is 112 Å². The third kappa shape index (κ3) is 2.89. The van der Waals surface area contributed by atoms with Gasteiger partial charge in [0.25, 0.3) is 0 Å². The number of nitrogens with two attached hydrogens (primary N) is 1. The van der Waals surface area contributed by atoms with E-state index in [0.29, 0.717) is 12.1 Å². The van der Waals surface area contributed by atoms with Crippen molar-refractivity contribution in [3.63, 3.8) is 0 Å². The van der Waals surface area contributed by atoms with E-state index in [1.807, 2.05) is 0 Å². The van der Waals surface area contributed by atoms with Crippen LogP contribution in [0.15, 0.2) is 0 Å². The second-order valence-corrected chi connectivity index (χ2v) is 6.83. The molecule has 2 atom stereocenters. The Morgan fingerprint density at radius 2 is 1.94 bits per heavy atom. The molecule has 0 spiro atoms. The monoisotopic (exact) mass is 254 g/mol. The average Bonchev–Trinajstić information content (AvgIpc) is 2.74. The molecule has 2 aliphatic rings. The largest absolute Gasteiger partial charge is 0.378 e. The van der Waals surface area contributed by atoms with E-state index in [1.165, 1.54) is 25.7 Å². The van der Waals surface area contributed by atoms with Crippen molar-refractivity contribution in [3.8, 4) is 0 Å². The lowest BCUT2D eigenvalue weighted by Crippen LogP contribution is -2.61. The van der Waals surface area contributed by atoms with E-state index in [0.717, 1.165) is 26.0 Å². The summed E-state index contributed by atoms with van der Waals surface area (Å²) in [5.41, 5.74) is 6.78. The molecule has 0 aliphatic heterocycles. The fourth-order valence-electron chi connectivity index (χ4n) is 3.54. The molecular weight excluding hydrogens is 224 g/mol. The molecule has 0 saturated heterocycles. The van der Waals surface area contributed by atoms with Gasteiger partial charge in [-0.15, -0.1) is 0 Å². The second kappa shape index (κ2) is 5.48. The Morgan fingerprint density at radius 3 is 2.50 bits per heavy atom. The highest BCUT2D eigenvalue weighted by atomic mass is 16.5. The standard InChI is InChI=1S/C15H30N2O/c1-4-18-13-11-12(14(13,2)3)17-10-9-15(16)7-5-6-8-15/h12-13,17H,4-11,16H2,1-3H3. The Bertz CT molecular complexity index is 272. The van der Waals surface area contributed by atoms with Crippen molar-refractivity contribution >= 4 is 0 Å². The lowest BCUT2D eigenvalue weighted by Gasteiger charge is -2.52. The van der Waals surface area contributed by atoms with Crippen molar-refractivity contribution < 1.29 is 4.74 Å². The Morgan fingerprint density at radius 1 is 1.28 bits per heavy atom. The lowest BCUT2D eigenvalue weighted by atomic mass is 9.64. The van der Waals surface area contributed by atoms with Gasteiger partial charge in [0, 0.05) is 23.6 Å². The molecule has 0 amide bonds. The zero-order valence-electron chi connectivity index (χ0n) is 12.3. The number of rotatable bonds is 6. The SMILES string of the molecule is CCOC1CC(NCCC2(N)CCCC2)C1(C)C. The first-order valence-corrected chi connectivity index (χ1v) is 7.62. The molecule has 0 aromatic carbocycles. The minimum atomic E-state index is 0.125. The van der Waals surface area contributed by atoms with Gasteiger partial charge in [-0.3, -0.25) is 0 Å². The van der Waals surface area contributed by atoms with Crippen LogP contribution >= 0.6 is 0 Å². The van der Waals surface area contributed by atoms with Crippen LogP contribution < -0.4 is 11.1 Å². The summed E-state index contributed by atoms with van der Waals surface area (Å²) < 4.78 is 5.76. The van der Waals surface area contributed by atoms with Crippen molar-refractivity contribution in [1.29, 1.82) is 0 Å². The maximum absolute atomic E-state index is 6.38. The van der Waals surface area contributed by atoms with Gasteiger partial charge in [-0.25, -0.2) is 0 Å². The predicted molar refractivity (Wildman–Crippen MR) is 75.6 cm³/mol. The second-order valence-electron chi connectivity index (χ2n) is 6.83. The molecule has 0 aromatic rings. The molecule has 2 aliphatic carbocycles. The van der Waals surface area contributed by atoms with E-state index in [1.54, 1.807) is 0 Å². The van der Waals surface area contributed by atoms with Crippen LogP contribution in [0.5, 0.6) is 0 Å². The maximum atomic E-state index is 6.38. The van der Waals surface area contributed by atoms with E-state index >= 15 is 0 Å². The van der Waals surface area contributed by atoms with Gasteiger partial charge in [0.2, 0.25) is 0 Å². The smallest absolute Gasteiger partial charge is 0.0655 e. The molecule has 0 heterocycles. The molecule has 2 saturated carbocycles. The Balaban J connectivity index is 1.69. The zero-order chi connectivity index (χ0) is 13.2. The summed E-state index contributed by atoms with van der Waals surface area (Å²) in [4.78, 5) is 0. The van der Waals surface area contributed by atoms with Crippen LogP contribution in [0, 0.1) is 5.41 Å². The van der Waals surface area contributed by atoms with E-state index in [-0.39, 0.29) is 11.0 Å². The minimum absolute atomic E-state index is 0.125. The summed E-state index contributed by atoms with van der Waals surface area (Å²) in [6, 6.07) is 0.596. The van der Waals surface area contributed by atoms with E-state index < -0.39 is 0 Å². The quantitative estimate of drug-likeness (QED) is 0.765. The fraction of sp³-hybridized carbons (Fsp3) is 1.00. The summed E-state index contributed by atoms with van der Waals surface area (Å²) in [6.45, 7) is 8.58. The van der Waals surface area contributed by atoms with Crippen molar-refractivity contribution in [1.82, 2.24) is 5.32 Å². The highest BCUT2D eigenvalue weighted by Crippen LogP contribution is 2.42. The van der Waals surface area contributed by atoms with Crippen molar-refractivity contribution in [3.05, 3.63) is 0 Å². The highest BCUT2D eigenvalue weighted by molar-refractivity contribution is 5.03. The summed E-state index contributed by atoms with van der Waals surface area (Å²) in [7, 11) is 0. The van der Waals surface area contributed by atoms with Gasteiger partial charge in [-0.2, -0.15) is 0 Å². The zero-order valence-corrected chi connectivity index (χ0v) is 12.3. The maximum Gasteiger partial charge on any atom is 0.0655 e. The first kappa shape index (κ1) is 14.3. The van der Waals surface area contributed by atoms with Gasteiger partial charge in [-0.05, 0) is 39.2 Å². The third-order valence-electron chi connectivity index (χ3n) is 5.16. The summed E-state index contributed by atoms with van der Waals surface area (Å²) in [5.74, 6) is 0. The molecular formula is C15H30N2O. The average molecular weight is 254 g/mol. The molecule has 106 valence electrons. The molecule has 2 fully saturated rings. The molecule has 0 bridgehead atoms. The molecule has 18 heavy (non-hydrogen) atoms. The van der Waals surface area contributed by atoms with Gasteiger partial charge >= 0.3 is 0 Å². The number of hydrogen-bond acceptors (Lipinski definition) is 3. The molecule has 2 rings (SSSR count). The molecule has 3 nitrogen and oxygen atoms in total. The van der Waals surface area contributed by atoms with E-state index in [4.69, 9.17) is 10.5 Å². The summed E-state index contributed by atoms with van der Waals surface area (Å²) >= 11 is 0. The van der Waals surface area contributed by atoms with Crippen LogP contribution in [-0.4, -0.2) is 30.8 Å². The van der Waals surface area contributed by atoms with Crippen molar-refractivity contribution in [2.75, 3.05) is 13.2 Å². The molecule has 0 aromatic heterocycles. The van der Waals surface area contributed by atoms with Gasteiger partial charge in [0.05, 0.1) is 6.10 Å². The summed E-state index contributed by atoms with van der Waals surface area (Å²) in [5, 5.41) is 3.69. The van der Waals surface area contributed by atoms with Crippen molar-refractivity contribution in [2.45, 2.75) is 77.0 Å². The van der Waals surface area contributed by atoms with Crippen LogP contribution in [0.3, 0.4) is 0 Å². The Hall–Kier alpha value is -0.120. The molecule has 3 heteroatoms. The van der Waals surface area contributed by atoms with Gasteiger partial charge in [0.15, 0.2) is 0 Å². The molecule has 3 N–H and O–H groups in total. The minimum Gasteiger partial charge on any atom is -0.378 e. The number of hydrogen-bond donors (Lipinski definition) is 2. The van der Waals surface area contributed by atoms with Crippen LogP contribution in [0.25, 0.3) is 0 Å². The van der Waals surface area contributed by atoms with Crippen LogP contribution in [-0.2, 0) is 4.74 Å². The van der Waals surface area contributed by atoms with Crippen LogP contribution in [0.2, 0.25) is 0 Å². The van der Waals surface area contributed by atoms with Crippen LogP contribution in [0.4, 0.5) is 0 Å². The molecule has 2 unspecified atom stereocenters. The fourth-order valence-corrected chi connectivity index (χ4v) is 3.54. The number of nitrogens with one attached hydrogen (secondary N) is 1. The highest BCUT2D eigenvalue weighted by Gasteiger charge is 2.48. The topological polar surface area (TPSA) is 47.3 Å². The van der Waals surface area contributed by atoms with E-state index in [9.17, 15) is 0 Å². The lowest BCUT2D eigenvalue weighted by molar-refractivity contribution is -0.114. The van der Waals surface area contributed by atoms with Crippen LogP contribution in [0.1, 0.15) is 59.3 Å². The Kier molecular flexibility index (Phi) is 4.35. The third-order valence-corrected chi connectivity index (χ3v) is 5.16. The van der Waals surface area contributed by atoms with Crippen molar-refractivity contribution in [2.24, 2.45) is 11.1 Å². The first-order valence-electron chi connectivity index (χ1n) is 7.62. The summed E-state index contributed by atoms with van der Waals surface area (Å²) in [6.07, 6.45) is 7.76. The normalized spacial score (nSPS) is 33.3. The van der Waals surface area contributed by atoms with Gasteiger partial charge < -0.3 is 15.8 Å². The van der Waals surface area contributed by atoms with Gasteiger partial charge in [-0.1, -0.05) is 26.7 Å².